The molecule has 1 aromatic heterocycles. The zero-order valence-electron chi connectivity index (χ0n) is 59.5. The van der Waals surface area contributed by atoms with Crippen molar-refractivity contribution < 1.29 is 2.85 Å². The van der Waals surface area contributed by atoms with Crippen LogP contribution in [0, 0.1) is 13.8 Å². The third-order valence-corrected chi connectivity index (χ3v) is 16.7. The lowest BCUT2D eigenvalue weighted by Crippen LogP contribution is -2.63. The molecular weight excluding hydrogens is 1020 g/mol. The highest BCUT2D eigenvalue weighted by Crippen LogP contribution is 2.38. The summed E-state index contributed by atoms with van der Waals surface area (Å²) in [7, 11) is 0. The van der Waals surface area contributed by atoms with E-state index in [0.717, 1.165) is 75.5 Å². The van der Waals surface area contributed by atoms with Gasteiger partial charge in [0.25, 0.3) is 0 Å². The molecule has 4 heterocycles. The number of nitrogens with zero attached hydrogens (tertiary/aromatic N) is 6. The van der Waals surface area contributed by atoms with Crippen LogP contribution in [0.3, 0.4) is 0 Å². The number of nitrogens with one attached hydrogen (secondary N) is 7. The topological polar surface area (TPSA) is 133 Å². The largest absolute Gasteiger partial charge is 0.373 e. The van der Waals surface area contributed by atoms with Crippen LogP contribution in [0.5, 0.6) is 0 Å². The number of piperidine rings is 3. The van der Waals surface area contributed by atoms with E-state index in [1.807, 2.05) is 13.8 Å². The highest BCUT2D eigenvalue weighted by molar-refractivity contribution is 5.36. The quantitative estimate of drug-likeness (QED) is 0.0371. The number of hydrogen-bond donors (Lipinski definition) is 7. The summed E-state index contributed by atoms with van der Waals surface area (Å²) >= 11 is 0. The van der Waals surface area contributed by atoms with Gasteiger partial charge >= 0.3 is 0 Å². The molecule has 1 aromatic rings. The normalized spacial score (nSPS) is 22.0. The second kappa shape index (κ2) is 31.2. The minimum absolute atomic E-state index is 0. The van der Waals surface area contributed by atoms with Crippen molar-refractivity contribution in [1.29, 1.82) is 0 Å². The first kappa shape index (κ1) is 74.2. The fourth-order valence-electron chi connectivity index (χ4n) is 14.8. The van der Waals surface area contributed by atoms with Gasteiger partial charge in [-0.1, -0.05) is 59.6 Å². The van der Waals surface area contributed by atoms with Crippen LogP contribution in [0.2, 0.25) is 0 Å². The van der Waals surface area contributed by atoms with Gasteiger partial charge in [0.05, 0.1) is 13.3 Å². The van der Waals surface area contributed by atoms with Crippen molar-refractivity contribution in [2.75, 3.05) is 24.8 Å². The number of hydrogen-bond acceptors (Lipinski definition) is 13. The van der Waals surface area contributed by atoms with E-state index in [0.29, 0.717) is 53.6 Å². The maximum absolute atomic E-state index is 5.07. The first-order chi connectivity index (χ1) is 38.0. The van der Waals surface area contributed by atoms with Crippen LogP contribution >= 0.6 is 0 Å². The first-order valence-electron chi connectivity index (χ1n) is 33.1. The molecule has 3 aliphatic heterocycles. The van der Waals surface area contributed by atoms with Crippen molar-refractivity contribution in [3.8, 4) is 0 Å². The van der Waals surface area contributed by atoms with Crippen LogP contribution in [0.25, 0.3) is 0 Å². The van der Waals surface area contributed by atoms with E-state index in [1.54, 1.807) is 0 Å². The second-order valence-corrected chi connectivity index (χ2v) is 32.2. The lowest BCUT2D eigenvalue weighted by Gasteiger charge is -2.52. The molecule has 0 bridgehead atoms. The summed E-state index contributed by atoms with van der Waals surface area (Å²) in [5.41, 5.74) is 6.37. The van der Waals surface area contributed by atoms with Crippen LogP contribution in [0.15, 0.2) is 47.0 Å². The third kappa shape index (κ3) is 27.7. The number of unbranched alkanes of at least 4 members (excludes halogenated alkanes) is 1. The van der Waals surface area contributed by atoms with Gasteiger partial charge in [0.2, 0.25) is 5.95 Å². The molecule has 4 aliphatic rings. The molecule has 3 saturated heterocycles. The maximum atomic E-state index is 5.07. The fourth-order valence-corrected chi connectivity index (χ4v) is 14.8. The molecule has 0 saturated carbocycles. The summed E-state index contributed by atoms with van der Waals surface area (Å²) in [4.78, 5) is 22.7. The van der Waals surface area contributed by atoms with E-state index < -0.39 is 0 Å². The van der Waals surface area contributed by atoms with Crippen molar-refractivity contribution in [2.45, 2.75) is 364 Å². The summed E-state index contributed by atoms with van der Waals surface area (Å²) in [6, 6.07) is 1.62. The monoisotopic (exact) mass is 1160 g/mol. The van der Waals surface area contributed by atoms with Crippen LogP contribution in [-0.4, -0.2) is 125 Å². The Kier molecular flexibility index (Phi) is 27.9. The Balaban J connectivity index is 0.00000137. The summed E-state index contributed by atoms with van der Waals surface area (Å²) in [6.45, 7) is 66.2. The van der Waals surface area contributed by atoms with Gasteiger partial charge in [-0.25, -0.2) is 4.98 Å². The van der Waals surface area contributed by atoms with Crippen LogP contribution in [0.4, 0.5) is 5.95 Å². The zero-order valence-corrected chi connectivity index (χ0v) is 59.5. The fraction of sp³-hybridized carbons (Fsp3) is 0.843. The highest BCUT2D eigenvalue weighted by Gasteiger charge is 2.43. The smallest absolute Gasteiger partial charge is 0.230 e. The highest BCUT2D eigenvalue weighted by atomic mass is 15.4. The Bertz CT molecular complexity index is 2160. The van der Waals surface area contributed by atoms with E-state index >= 15 is 0 Å². The second-order valence-electron chi connectivity index (χ2n) is 32.2. The van der Waals surface area contributed by atoms with Crippen molar-refractivity contribution in [2.24, 2.45) is 0 Å². The number of allylic oxidation sites excluding steroid dienone is 4. The zero-order chi connectivity index (χ0) is 63.2. The molecule has 83 heavy (non-hydrogen) atoms. The molecule has 484 valence electrons. The van der Waals surface area contributed by atoms with Gasteiger partial charge in [-0.2, -0.15) is 9.97 Å². The number of aryl methyl sites for hydroxylation is 2. The molecule has 3 atom stereocenters. The molecule has 1 aliphatic carbocycles. The van der Waals surface area contributed by atoms with E-state index in [-0.39, 0.29) is 43.1 Å². The van der Waals surface area contributed by atoms with Gasteiger partial charge in [0.15, 0.2) is 0 Å². The third-order valence-electron chi connectivity index (χ3n) is 16.7. The summed E-state index contributed by atoms with van der Waals surface area (Å²) < 4.78 is 0. The lowest BCUT2D eigenvalue weighted by atomic mass is 9.78. The van der Waals surface area contributed by atoms with E-state index in [4.69, 9.17) is 9.97 Å². The van der Waals surface area contributed by atoms with Crippen molar-refractivity contribution in [1.82, 2.24) is 62.0 Å². The number of anilines is 1. The van der Waals surface area contributed by atoms with E-state index in [9.17, 15) is 0 Å². The predicted octanol–water partition coefficient (Wildman–Crippen LogP) is 15.1. The van der Waals surface area contributed by atoms with Crippen LogP contribution in [-0.2, 0) is 0 Å². The van der Waals surface area contributed by atoms with Gasteiger partial charge in [-0.15, -0.1) is 0 Å². The van der Waals surface area contributed by atoms with Crippen molar-refractivity contribution in [3.63, 3.8) is 0 Å². The Morgan fingerprint density at radius 3 is 1.52 bits per heavy atom. The SMILES string of the molecule is CC/C=C(\C=C(C)C)NCNC1C=C(N(CN(c2nc(C)nc(C)n2)C(C)CC(C)(C)NC(C)C)C2CC(C)(C)NC(C)(C)C2)C=C(N(CCCC)C(C)CC(C)(C)NC(C)C)C1.CC1(C)CCCC(C)(C)N1.CC1(C)CCCC(C)(C)N1.[HH].[HH]. The molecule has 13 nitrogen and oxygen atoms in total. The number of aromatic nitrogens is 3. The Hall–Kier alpha value is -3.07. The molecule has 0 spiro atoms. The van der Waals surface area contributed by atoms with Gasteiger partial charge in [0, 0.05) is 113 Å². The van der Waals surface area contributed by atoms with Crippen molar-refractivity contribution in [3.05, 3.63) is 58.6 Å². The minimum Gasteiger partial charge on any atom is -0.373 e. The van der Waals surface area contributed by atoms with Crippen molar-refractivity contribution >= 4 is 5.95 Å². The van der Waals surface area contributed by atoms with E-state index in [2.05, 4.69) is 261 Å². The van der Waals surface area contributed by atoms with Crippen LogP contribution in [0.1, 0.15) is 284 Å². The average Bonchev–Trinajstić information content (AvgIpc) is 1.38. The molecule has 0 radical (unpaired) electrons. The molecule has 5 rings (SSSR count). The lowest BCUT2D eigenvalue weighted by molar-refractivity contribution is 0.0849. The Morgan fingerprint density at radius 2 is 1.12 bits per heavy atom. The molecule has 13 heteroatoms. The van der Waals surface area contributed by atoms with E-state index in [1.165, 1.54) is 61.2 Å². The summed E-state index contributed by atoms with van der Waals surface area (Å²) in [6.07, 6.45) is 25.8. The molecule has 3 fully saturated rings. The average molecular weight is 1160 g/mol. The predicted molar refractivity (Wildman–Crippen MR) is 365 cm³/mol. The Labute approximate surface area is 516 Å². The first-order valence-corrected chi connectivity index (χ1v) is 33.1. The Morgan fingerprint density at radius 1 is 0.675 bits per heavy atom. The standard InChI is InChI=1S/C52H97N11.2C9H19N.2H2/c1-21-23-25-61(39(9)30-49(13,14)58-37(5)6)45-27-44(54-34-53-43(24-22-2)26-36(3)4)28-46(29-45)63(47-32-51(17,18)60-52(19,20)33-47)35-62(48-56-41(11)55-42(12)57-48)40(10)31-50(15,16)59-38(7)8;2*1-8(2)6-5-7-9(3,4)10-8;;/h24,26,28-29,37-40,44,47,53-54,58-60H,21-23,25,27,30-35H2,1-20H3;2*10H,5-7H2,1-4H3;2*1H/b43-24+;;;;. The molecule has 7 N–H and O–H groups in total. The molecule has 0 aromatic carbocycles. The van der Waals surface area contributed by atoms with Gasteiger partial charge in [0.1, 0.15) is 11.6 Å². The summed E-state index contributed by atoms with van der Waals surface area (Å²) in [5, 5.41) is 26.7. The summed E-state index contributed by atoms with van der Waals surface area (Å²) in [5.74, 6) is 2.25. The molecular formula is C70H139N13. The van der Waals surface area contributed by atoms with Gasteiger partial charge < -0.3 is 46.6 Å². The van der Waals surface area contributed by atoms with Crippen LogP contribution < -0.4 is 42.1 Å². The van der Waals surface area contributed by atoms with Gasteiger partial charge in [-0.05, 0) is 248 Å². The maximum Gasteiger partial charge on any atom is 0.230 e. The van der Waals surface area contributed by atoms with Gasteiger partial charge in [-0.3, -0.25) is 5.32 Å². The minimum atomic E-state index is -0.101. The number of rotatable bonds is 25. The molecule has 0 amide bonds. The molecule has 3 unspecified atom stereocenters.